The zero-order valence-corrected chi connectivity index (χ0v) is 19.1. The van der Waals surface area contributed by atoms with Gasteiger partial charge in [0.05, 0.1) is 18.8 Å². The van der Waals surface area contributed by atoms with Crippen LogP contribution in [0.15, 0.2) is 53.7 Å². The number of aromatic nitrogens is 1. The van der Waals surface area contributed by atoms with Gasteiger partial charge in [0.15, 0.2) is 5.96 Å². The first kappa shape index (κ1) is 23.9. The molecular weight excluding hydrogens is 465 g/mol. The van der Waals surface area contributed by atoms with Crippen molar-refractivity contribution in [1.82, 2.24) is 15.6 Å². The van der Waals surface area contributed by atoms with E-state index < -0.39 is 0 Å². The van der Waals surface area contributed by atoms with Crippen molar-refractivity contribution < 1.29 is 4.79 Å². The summed E-state index contributed by atoms with van der Waals surface area (Å²) in [6.07, 6.45) is 2.60. The molecule has 3 N–H and O–H groups in total. The van der Waals surface area contributed by atoms with Crippen LogP contribution < -0.4 is 16.0 Å². The molecular formula is C21H30IN5O. The van der Waals surface area contributed by atoms with Crippen LogP contribution in [0, 0.1) is 5.92 Å². The van der Waals surface area contributed by atoms with E-state index in [-0.39, 0.29) is 35.8 Å². The summed E-state index contributed by atoms with van der Waals surface area (Å²) < 4.78 is 0. The number of amides is 1. The zero-order valence-electron chi connectivity index (χ0n) is 16.7. The van der Waals surface area contributed by atoms with E-state index in [4.69, 9.17) is 0 Å². The lowest BCUT2D eigenvalue weighted by atomic mass is 10.1. The van der Waals surface area contributed by atoms with Crippen LogP contribution in [0.3, 0.4) is 0 Å². The van der Waals surface area contributed by atoms with Gasteiger partial charge in [0.25, 0.3) is 0 Å². The molecule has 1 aromatic carbocycles. The molecule has 0 saturated carbocycles. The molecule has 0 aliphatic carbocycles. The first-order valence-corrected chi connectivity index (χ1v) is 9.44. The van der Waals surface area contributed by atoms with Gasteiger partial charge < -0.3 is 16.0 Å². The third kappa shape index (κ3) is 8.24. The van der Waals surface area contributed by atoms with Gasteiger partial charge in [0.2, 0.25) is 5.91 Å². The van der Waals surface area contributed by atoms with Crippen molar-refractivity contribution in [3.05, 3.63) is 59.9 Å². The quantitative estimate of drug-likeness (QED) is 0.295. The number of aliphatic imine (C=N–C) groups is 1. The first-order valence-electron chi connectivity index (χ1n) is 9.44. The maximum atomic E-state index is 12.1. The molecule has 0 aliphatic heterocycles. The topological polar surface area (TPSA) is 78.4 Å². The van der Waals surface area contributed by atoms with Crippen molar-refractivity contribution in [2.24, 2.45) is 10.9 Å². The zero-order chi connectivity index (χ0) is 19.5. The Morgan fingerprint density at radius 2 is 1.96 bits per heavy atom. The van der Waals surface area contributed by atoms with Gasteiger partial charge in [0, 0.05) is 24.3 Å². The highest BCUT2D eigenvalue weighted by molar-refractivity contribution is 14.0. The van der Waals surface area contributed by atoms with Gasteiger partial charge in [-0.05, 0) is 43.2 Å². The van der Waals surface area contributed by atoms with E-state index in [2.05, 4.69) is 25.9 Å². The molecule has 7 heteroatoms. The number of halogens is 1. The molecule has 1 atom stereocenters. The molecule has 1 heterocycles. The lowest BCUT2D eigenvalue weighted by molar-refractivity contribution is -0.119. The summed E-state index contributed by atoms with van der Waals surface area (Å²) >= 11 is 0. The number of nitrogens with zero attached hydrogens (tertiary/aromatic N) is 2. The fourth-order valence-electron chi connectivity index (χ4n) is 2.39. The van der Waals surface area contributed by atoms with Crippen LogP contribution >= 0.6 is 24.0 Å². The average molecular weight is 495 g/mol. The van der Waals surface area contributed by atoms with Gasteiger partial charge in [-0.15, -0.1) is 24.0 Å². The highest BCUT2D eigenvalue weighted by atomic mass is 127. The van der Waals surface area contributed by atoms with Crippen molar-refractivity contribution >= 4 is 41.5 Å². The predicted octanol–water partition coefficient (Wildman–Crippen LogP) is 3.94. The number of rotatable bonds is 8. The molecule has 1 amide bonds. The van der Waals surface area contributed by atoms with Crippen LogP contribution in [0.2, 0.25) is 0 Å². The van der Waals surface area contributed by atoms with Crippen molar-refractivity contribution in [1.29, 1.82) is 0 Å². The van der Waals surface area contributed by atoms with Crippen LogP contribution in [-0.4, -0.2) is 23.4 Å². The Kier molecular flexibility index (Phi) is 11.2. The number of hydrogen-bond donors (Lipinski definition) is 3. The van der Waals surface area contributed by atoms with E-state index in [1.165, 1.54) is 0 Å². The molecule has 0 fully saturated rings. The SMILES string of the molecule is CCNC(=NCc1cccc(NC(=O)C(C)CC)c1)NCc1ccccn1.I. The third-order valence-corrected chi connectivity index (χ3v) is 4.18. The molecule has 2 aromatic rings. The largest absolute Gasteiger partial charge is 0.357 e. The van der Waals surface area contributed by atoms with E-state index in [0.29, 0.717) is 13.1 Å². The molecule has 0 bridgehead atoms. The molecule has 1 unspecified atom stereocenters. The number of carbonyl (C=O) groups is 1. The number of pyridine rings is 1. The second-order valence-corrected chi connectivity index (χ2v) is 6.37. The van der Waals surface area contributed by atoms with Crippen molar-refractivity contribution in [2.45, 2.75) is 40.3 Å². The minimum atomic E-state index is 0. The summed E-state index contributed by atoms with van der Waals surface area (Å²) in [6, 6.07) is 13.6. The van der Waals surface area contributed by atoms with Crippen molar-refractivity contribution in [2.75, 3.05) is 11.9 Å². The number of benzene rings is 1. The summed E-state index contributed by atoms with van der Waals surface area (Å²) in [5, 5.41) is 9.48. The Labute approximate surface area is 184 Å². The monoisotopic (exact) mass is 495 g/mol. The van der Waals surface area contributed by atoms with E-state index in [9.17, 15) is 4.79 Å². The van der Waals surface area contributed by atoms with Crippen molar-refractivity contribution in [3.63, 3.8) is 0 Å². The summed E-state index contributed by atoms with van der Waals surface area (Å²) in [4.78, 5) is 21.0. The van der Waals surface area contributed by atoms with Gasteiger partial charge in [-0.25, -0.2) is 4.99 Å². The van der Waals surface area contributed by atoms with E-state index in [1.54, 1.807) is 6.20 Å². The van der Waals surface area contributed by atoms with Gasteiger partial charge in [-0.3, -0.25) is 9.78 Å². The van der Waals surface area contributed by atoms with Gasteiger partial charge in [0.1, 0.15) is 0 Å². The van der Waals surface area contributed by atoms with Crippen LogP contribution in [0.4, 0.5) is 5.69 Å². The Morgan fingerprint density at radius 3 is 2.64 bits per heavy atom. The molecule has 6 nitrogen and oxygen atoms in total. The summed E-state index contributed by atoms with van der Waals surface area (Å²) in [7, 11) is 0. The number of hydrogen-bond acceptors (Lipinski definition) is 3. The normalized spacial score (nSPS) is 11.9. The molecule has 1 aromatic heterocycles. The first-order chi connectivity index (χ1) is 13.1. The predicted molar refractivity (Wildman–Crippen MR) is 126 cm³/mol. The number of anilines is 1. The Balaban J connectivity index is 0.00000392. The summed E-state index contributed by atoms with van der Waals surface area (Å²) in [6.45, 7) is 7.87. The maximum absolute atomic E-state index is 12.1. The lowest BCUT2D eigenvalue weighted by Crippen LogP contribution is -2.37. The minimum Gasteiger partial charge on any atom is -0.357 e. The Bertz CT molecular complexity index is 751. The van der Waals surface area contributed by atoms with Gasteiger partial charge >= 0.3 is 0 Å². The standard InChI is InChI=1S/C21H29N5O.HI/c1-4-16(3)20(27)26-18-11-8-9-17(13-18)14-24-21(22-5-2)25-15-19-10-6-7-12-23-19;/h6-13,16H,4-5,14-15H2,1-3H3,(H,26,27)(H2,22,24,25);1H. The number of nitrogens with one attached hydrogen (secondary N) is 3. The maximum Gasteiger partial charge on any atom is 0.227 e. The number of carbonyl (C=O) groups excluding carboxylic acids is 1. The van der Waals surface area contributed by atoms with E-state index >= 15 is 0 Å². The molecule has 0 saturated heterocycles. The Hall–Kier alpha value is -2.16. The highest BCUT2D eigenvalue weighted by Crippen LogP contribution is 2.13. The van der Waals surface area contributed by atoms with Crippen LogP contribution in [0.1, 0.15) is 38.4 Å². The summed E-state index contributed by atoms with van der Waals surface area (Å²) in [5.41, 5.74) is 2.80. The van der Waals surface area contributed by atoms with E-state index in [0.717, 1.165) is 35.9 Å². The molecule has 0 aliphatic rings. The second kappa shape index (κ2) is 13.1. The molecule has 0 radical (unpaired) electrons. The fraction of sp³-hybridized carbons (Fsp3) is 0.381. The lowest BCUT2D eigenvalue weighted by Gasteiger charge is -2.12. The molecule has 2 rings (SSSR count). The molecule has 152 valence electrons. The second-order valence-electron chi connectivity index (χ2n) is 6.37. The fourth-order valence-corrected chi connectivity index (χ4v) is 2.39. The van der Waals surface area contributed by atoms with Crippen molar-refractivity contribution in [3.8, 4) is 0 Å². The van der Waals surface area contributed by atoms with E-state index in [1.807, 2.05) is 63.2 Å². The minimum absolute atomic E-state index is 0. The average Bonchev–Trinajstić information content (AvgIpc) is 2.70. The van der Waals surface area contributed by atoms with Crippen LogP contribution in [-0.2, 0) is 17.9 Å². The summed E-state index contributed by atoms with van der Waals surface area (Å²) in [5.74, 6) is 0.781. The molecule has 0 spiro atoms. The highest BCUT2D eigenvalue weighted by Gasteiger charge is 2.10. The third-order valence-electron chi connectivity index (χ3n) is 4.18. The van der Waals surface area contributed by atoms with Crippen LogP contribution in [0.5, 0.6) is 0 Å². The number of guanidine groups is 1. The Morgan fingerprint density at radius 1 is 1.14 bits per heavy atom. The van der Waals surface area contributed by atoms with Gasteiger partial charge in [-0.2, -0.15) is 0 Å². The van der Waals surface area contributed by atoms with Crippen LogP contribution in [0.25, 0.3) is 0 Å². The smallest absolute Gasteiger partial charge is 0.227 e. The van der Waals surface area contributed by atoms with Gasteiger partial charge in [-0.1, -0.05) is 32.0 Å². The molecule has 28 heavy (non-hydrogen) atoms.